The lowest BCUT2D eigenvalue weighted by Crippen LogP contribution is -2.31. The minimum Gasteiger partial charge on any atom is -0.465 e. The highest BCUT2D eigenvalue weighted by molar-refractivity contribution is 5.88. The number of aromatic nitrogens is 1. The maximum atomic E-state index is 12.2. The van der Waals surface area contributed by atoms with Crippen molar-refractivity contribution in [3.8, 4) is 0 Å². The molecule has 0 N–H and O–H groups in total. The van der Waals surface area contributed by atoms with Gasteiger partial charge in [-0.3, -0.25) is 4.79 Å². The van der Waals surface area contributed by atoms with E-state index in [4.69, 9.17) is 0 Å². The normalized spacial score (nSPS) is 23.7. The molecule has 0 bridgehead atoms. The molecule has 2 rings (SSSR count). The molecule has 0 aliphatic heterocycles. The van der Waals surface area contributed by atoms with Gasteiger partial charge in [-0.25, -0.2) is 4.79 Å². The van der Waals surface area contributed by atoms with E-state index >= 15 is 0 Å². The molecule has 0 saturated heterocycles. The molecule has 1 heterocycles. The molecular weight excluding hydrogens is 230 g/mol. The molecule has 1 saturated carbocycles. The zero-order valence-electron chi connectivity index (χ0n) is 10.9. The first-order chi connectivity index (χ1) is 8.63. The highest BCUT2D eigenvalue weighted by Gasteiger charge is 2.22. The second kappa shape index (κ2) is 5.38. The molecule has 18 heavy (non-hydrogen) atoms. The quantitative estimate of drug-likeness (QED) is 0.756. The minimum absolute atomic E-state index is 0.123. The van der Waals surface area contributed by atoms with Gasteiger partial charge in [-0.05, 0) is 30.9 Å². The molecular formula is C14H19NO3. The van der Waals surface area contributed by atoms with Crippen LogP contribution in [0.1, 0.15) is 49.0 Å². The molecule has 1 aliphatic rings. The number of carbonyl (C=O) groups is 1. The fourth-order valence-corrected chi connectivity index (χ4v) is 2.72. The fraction of sp³-hybridized carbons (Fsp3) is 0.571. The Morgan fingerprint density at radius 2 is 2.22 bits per heavy atom. The van der Waals surface area contributed by atoms with Crippen LogP contribution in [0.4, 0.5) is 0 Å². The summed E-state index contributed by atoms with van der Waals surface area (Å²) in [7, 11) is 1.29. The molecule has 1 aromatic rings. The molecule has 2 atom stereocenters. The largest absolute Gasteiger partial charge is 0.465 e. The van der Waals surface area contributed by atoms with E-state index in [1.54, 1.807) is 16.8 Å². The van der Waals surface area contributed by atoms with Gasteiger partial charge < -0.3 is 9.30 Å². The molecule has 1 aromatic heterocycles. The summed E-state index contributed by atoms with van der Waals surface area (Å²) in [6.07, 6.45) is 6.15. The molecule has 0 aromatic carbocycles. The van der Waals surface area contributed by atoms with Gasteiger partial charge in [0.05, 0.1) is 7.11 Å². The van der Waals surface area contributed by atoms with Gasteiger partial charge in [-0.2, -0.15) is 0 Å². The molecule has 1 fully saturated rings. The van der Waals surface area contributed by atoms with Crippen molar-refractivity contribution in [2.24, 2.45) is 5.92 Å². The molecule has 4 nitrogen and oxygen atoms in total. The Hall–Kier alpha value is -1.58. The fourth-order valence-electron chi connectivity index (χ4n) is 2.72. The van der Waals surface area contributed by atoms with Crippen molar-refractivity contribution in [1.82, 2.24) is 4.57 Å². The van der Waals surface area contributed by atoms with E-state index in [1.165, 1.54) is 19.6 Å². The minimum atomic E-state index is -0.557. The molecule has 4 heteroatoms. The van der Waals surface area contributed by atoms with E-state index < -0.39 is 5.97 Å². The number of hydrogen-bond acceptors (Lipinski definition) is 3. The monoisotopic (exact) mass is 249 g/mol. The summed E-state index contributed by atoms with van der Waals surface area (Å²) >= 11 is 0. The summed E-state index contributed by atoms with van der Waals surface area (Å²) < 4.78 is 6.32. The molecule has 0 spiro atoms. The van der Waals surface area contributed by atoms with Crippen molar-refractivity contribution in [1.29, 1.82) is 0 Å². The first-order valence-corrected chi connectivity index (χ1v) is 6.43. The van der Waals surface area contributed by atoms with Crippen molar-refractivity contribution in [2.45, 2.75) is 38.6 Å². The van der Waals surface area contributed by atoms with Gasteiger partial charge in [0.1, 0.15) is 5.56 Å². The van der Waals surface area contributed by atoms with Crippen molar-refractivity contribution in [2.75, 3.05) is 7.11 Å². The number of carbonyl (C=O) groups excluding carboxylic acids is 1. The van der Waals surface area contributed by atoms with Crippen LogP contribution in [0.15, 0.2) is 23.1 Å². The van der Waals surface area contributed by atoms with Gasteiger partial charge in [0.15, 0.2) is 0 Å². The Labute approximate surface area is 107 Å². The van der Waals surface area contributed by atoms with Crippen LogP contribution in [-0.2, 0) is 4.74 Å². The predicted octanol–water partition coefficient (Wildman–Crippen LogP) is 2.39. The molecule has 0 radical (unpaired) electrons. The highest BCUT2D eigenvalue weighted by Crippen LogP contribution is 2.31. The SMILES string of the molecule is COC(=O)c1cccn([C@H]2CCC[C@H](C)C2)c1=O. The van der Waals surface area contributed by atoms with E-state index in [0.717, 1.165) is 19.3 Å². The van der Waals surface area contributed by atoms with Gasteiger partial charge in [0.2, 0.25) is 0 Å². The lowest BCUT2D eigenvalue weighted by molar-refractivity contribution is 0.0597. The average molecular weight is 249 g/mol. The maximum absolute atomic E-state index is 12.2. The summed E-state index contributed by atoms with van der Waals surface area (Å²) in [6.45, 7) is 2.21. The van der Waals surface area contributed by atoms with Crippen LogP contribution in [-0.4, -0.2) is 17.6 Å². The van der Waals surface area contributed by atoms with Gasteiger partial charge in [-0.15, -0.1) is 0 Å². The highest BCUT2D eigenvalue weighted by atomic mass is 16.5. The molecule has 98 valence electrons. The summed E-state index contributed by atoms with van der Waals surface area (Å²) in [4.78, 5) is 23.7. The van der Waals surface area contributed by atoms with Crippen LogP contribution in [0.3, 0.4) is 0 Å². The molecule has 0 amide bonds. The lowest BCUT2D eigenvalue weighted by atomic mass is 9.87. The number of methoxy groups -OCH3 is 1. The summed E-state index contributed by atoms with van der Waals surface area (Å²) in [5, 5.41) is 0. The topological polar surface area (TPSA) is 48.3 Å². The van der Waals surface area contributed by atoms with E-state index in [2.05, 4.69) is 11.7 Å². The van der Waals surface area contributed by atoms with Crippen LogP contribution < -0.4 is 5.56 Å². The van der Waals surface area contributed by atoms with E-state index in [1.807, 2.05) is 0 Å². The number of nitrogens with zero attached hydrogens (tertiary/aromatic N) is 1. The second-order valence-corrected chi connectivity index (χ2v) is 5.05. The maximum Gasteiger partial charge on any atom is 0.343 e. The standard InChI is InChI=1S/C14H19NO3/c1-10-5-3-6-11(9-10)15-8-4-7-12(13(15)16)14(17)18-2/h4,7-8,10-11H,3,5-6,9H2,1-2H3/t10-,11-/m0/s1. The average Bonchev–Trinajstić information content (AvgIpc) is 2.38. The van der Waals surface area contributed by atoms with Crippen LogP contribution in [0.2, 0.25) is 0 Å². The van der Waals surface area contributed by atoms with Crippen molar-refractivity contribution < 1.29 is 9.53 Å². The van der Waals surface area contributed by atoms with Crippen LogP contribution in [0.5, 0.6) is 0 Å². The Kier molecular flexibility index (Phi) is 3.84. The number of hydrogen-bond donors (Lipinski definition) is 0. The van der Waals surface area contributed by atoms with Crippen molar-refractivity contribution in [3.63, 3.8) is 0 Å². The van der Waals surface area contributed by atoms with Gasteiger partial charge in [0.25, 0.3) is 5.56 Å². The smallest absolute Gasteiger partial charge is 0.343 e. The lowest BCUT2D eigenvalue weighted by Gasteiger charge is -2.28. The van der Waals surface area contributed by atoms with Crippen molar-refractivity contribution in [3.05, 3.63) is 34.2 Å². The summed E-state index contributed by atoms with van der Waals surface area (Å²) in [5.74, 6) is 0.0793. The van der Waals surface area contributed by atoms with Crippen molar-refractivity contribution >= 4 is 5.97 Å². The van der Waals surface area contributed by atoms with Crippen LogP contribution in [0, 0.1) is 5.92 Å². The first kappa shape index (κ1) is 12.9. The number of rotatable bonds is 2. The predicted molar refractivity (Wildman–Crippen MR) is 68.7 cm³/mol. The number of pyridine rings is 1. The zero-order chi connectivity index (χ0) is 13.1. The van der Waals surface area contributed by atoms with Crippen LogP contribution in [0.25, 0.3) is 0 Å². The van der Waals surface area contributed by atoms with Gasteiger partial charge in [0, 0.05) is 12.2 Å². The Bertz CT molecular complexity index is 492. The van der Waals surface area contributed by atoms with E-state index in [9.17, 15) is 9.59 Å². The number of esters is 1. The van der Waals surface area contributed by atoms with E-state index in [-0.39, 0.29) is 17.2 Å². The Morgan fingerprint density at radius 1 is 1.44 bits per heavy atom. The zero-order valence-corrected chi connectivity index (χ0v) is 10.9. The third kappa shape index (κ3) is 2.47. The van der Waals surface area contributed by atoms with Crippen LogP contribution >= 0.6 is 0 Å². The number of ether oxygens (including phenoxy) is 1. The Morgan fingerprint density at radius 3 is 2.89 bits per heavy atom. The van der Waals surface area contributed by atoms with Gasteiger partial charge in [-0.1, -0.05) is 19.8 Å². The summed E-state index contributed by atoms with van der Waals surface area (Å²) in [5.41, 5.74) is -0.110. The third-order valence-corrected chi connectivity index (χ3v) is 3.68. The first-order valence-electron chi connectivity index (χ1n) is 6.43. The summed E-state index contributed by atoms with van der Waals surface area (Å²) in [6, 6.07) is 3.48. The molecule has 0 unspecified atom stereocenters. The van der Waals surface area contributed by atoms with E-state index in [0.29, 0.717) is 5.92 Å². The van der Waals surface area contributed by atoms with Gasteiger partial charge >= 0.3 is 5.97 Å². The third-order valence-electron chi connectivity index (χ3n) is 3.68. The molecule has 1 aliphatic carbocycles. The Balaban J connectivity index is 2.34. The second-order valence-electron chi connectivity index (χ2n) is 5.05.